The van der Waals surface area contributed by atoms with Crippen molar-refractivity contribution < 1.29 is 4.74 Å². The first-order chi connectivity index (χ1) is 7.84. The summed E-state index contributed by atoms with van der Waals surface area (Å²) in [7, 11) is 0. The molecular formula is C14H11ClO. The van der Waals surface area contributed by atoms with Crippen LogP contribution in [0, 0.1) is 0 Å². The number of hydrogen-bond donors (Lipinski definition) is 0. The summed E-state index contributed by atoms with van der Waals surface area (Å²) < 4.78 is 5.77. The van der Waals surface area contributed by atoms with Gasteiger partial charge >= 0.3 is 0 Å². The highest BCUT2D eigenvalue weighted by molar-refractivity contribution is 6.31. The molecule has 0 fully saturated rings. The summed E-state index contributed by atoms with van der Waals surface area (Å²) in [5, 5.41) is 0.786. The fourth-order valence-electron chi connectivity index (χ4n) is 2.06. The monoisotopic (exact) mass is 230 g/mol. The van der Waals surface area contributed by atoms with E-state index in [2.05, 4.69) is 18.2 Å². The van der Waals surface area contributed by atoms with Crippen molar-refractivity contribution in [3.8, 4) is 5.75 Å². The van der Waals surface area contributed by atoms with Crippen molar-refractivity contribution in [2.24, 2.45) is 0 Å². The van der Waals surface area contributed by atoms with E-state index in [9.17, 15) is 0 Å². The van der Waals surface area contributed by atoms with E-state index in [1.807, 2.05) is 24.3 Å². The maximum atomic E-state index is 6.20. The Morgan fingerprint density at radius 1 is 0.938 bits per heavy atom. The van der Waals surface area contributed by atoms with Crippen LogP contribution in [0.15, 0.2) is 42.5 Å². The first-order valence-corrected chi connectivity index (χ1v) is 5.69. The Balaban J connectivity index is 2.13. The first kappa shape index (κ1) is 9.73. The van der Waals surface area contributed by atoms with Gasteiger partial charge in [0.1, 0.15) is 12.4 Å². The van der Waals surface area contributed by atoms with Gasteiger partial charge in [-0.25, -0.2) is 0 Å². The van der Waals surface area contributed by atoms with Crippen LogP contribution in [0.1, 0.15) is 16.7 Å². The largest absolute Gasteiger partial charge is 0.489 e. The second-order valence-corrected chi connectivity index (χ2v) is 4.36. The first-order valence-electron chi connectivity index (χ1n) is 5.31. The van der Waals surface area contributed by atoms with E-state index in [0.717, 1.165) is 22.8 Å². The molecule has 0 unspecified atom stereocenters. The second-order valence-electron chi connectivity index (χ2n) is 3.95. The molecule has 0 aliphatic carbocycles. The molecule has 1 nitrogen and oxygen atoms in total. The molecule has 0 bridgehead atoms. The molecule has 0 saturated heterocycles. The van der Waals surface area contributed by atoms with Gasteiger partial charge in [-0.1, -0.05) is 41.9 Å². The van der Waals surface area contributed by atoms with Gasteiger partial charge in [0.25, 0.3) is 0 Å². The molecule has 16 heavy (non-hydrogen) atoms. The van der Waals surface area contributed by atoms with Crippen LogP contribution in [0.5, 0.6) is 5.75 Å². The number of halogens is 1. The predicted octanol–water partition coefficient (Wildman–Crippen LogP) is 3.82. The van der Waals surface area contributed by atoms with Crippen LogP contribution >= 0.6 is 11.6 Å². The lowest BCUT2D eigenvalue weighted by atomic mass is 10.0. The predicted molar refractivity (Wildman–Crippen MR) is 65.0 cm³/mol. The standard InChI is InChI=1S/C14H11ClO/c15-13-6-3-7-14-12(13)8-10-4-1-2-5-11(10)9-16-14/h1-7H,8-9H2. The molecule has 0 amide bonds. The highest BCUT2D eigenvalue weighted by atomic mass is 35.5. The van der Waals surface area contributed by atoms with Crippen LogP contribution in [-0.4, -0.2) is 0 Å². The third-order valence-electron chi connectivity index (χ3n) is 2.94. The molecule has 0 spiro atoms. The fraction of sp³-hybridized carbons (Fsp3) is 0.143. The zero-order valence-electron chi connectivity index (χ0n) is 8.74. The van der Waals surface area contributed by atoms with E-state index in [0.29, 0.717) is 6.61 Å². The van der Waals surface area contributed by atoms with Crippen molar-refractivity contribution in [3.63, 3.8) is 0 Å². The summed E-state index contributed by atoms with van der Waals surface area (Å²) in [6, 6.07) is 14.2. The van der Waals surface area contributed by atoms with E-state index in [-0.39, 0.29) is 0 Å². The van der Waals surface area contributed by atoms with Gasteiger partial charge in [-0.05, 0) is 23.3 Å². The third kappa shape index (κ3) is 1.57. The lowest BCUT2D eigenvalue weighted by molar-refractivity contribution is 0.307. The molecule has 2 aromatic rings. The molecule has 1 heterocycles. The molecule has 1 aliphatic rings. The molecule has 2 heteroatoms. The minimum Gasteiger partial charge on any atom is -0.489 e. The highest BCUT2D eigenvalue weighted by Crippen LogP contribution is 2.32. The zero-order chi connectivity index (χ0) is 11.0. The minimum atomic E-state index is 0.628. The van der Waals surface area contributed by atoms with Gasteiger partial charge in [-0.2, -0.15) is 0 Å². The Morgan fingerprint density at radius 2 is 1.75 bits per heavy atom. The maximum absolute atomic E-state index is 6.20. The Kier molecular flexibility index (Phi) is 2.33. The molecule has 3 rings (SSSR count). The van der Waals surface area contributed by atoms with Gasteiger partial charge in [0, 0.05) is 17.0 Å². The van der Waals surface area contributed by atoms with Crippen molar-refractivity contribution in [1.29, 1.82) is 0 Å². The van der Waals surface area contributed by atoms with E-state index in [1.54, 1.807) is 0 Å². The van der Waals surface area contributed by atoms with Gasteiger partial charge in [0.2, 0.25) is 0 Å². The third-order valence-corrected chi connectivity index (χ3v) is 3.30. The molecule has 0 aromatic heterocycles. The van der Waals surface area contributed by atoms with Crippen molar-refractivity contribution >= 4 is 11.6 Å². The molecule has 0 saturated carbocycles. The van der Waals surface area contributed by atoms with Crippen molar-refractivity contribution in [3.05, 3.63) is 64.2 Å². The van der Waals surface area contributed by atoms with Crippen LogP contribution in [0.2, 0.25) is 5.02 Å². The number of ether oxygens (including phenoxy) is 1. The summed E-state index contributed by atoms with van der Waals surface area (Å²) in [5.74, 6) is 0.906. The lowest BCUT2D eigenvalue weighted by Gasteiger charge is -2.07. The summed E-state index contributed by atoms with van der Waals surface area (Å²) in [4.78, 5) is 0. The minimum absolute atomic E-state index is 0.628. The van der Waals surface area contributed by atoms with Gasteiger partial charge in [0.05, 0.1) is 0 Å². The van der Waals surface area contributed by atoms with Crippen LogP contribution in [0.3, 0.4) is 0 Å². The number of fused-ring (bicyclic) bond motifs is 2. The Hall–Kier alpha value is -1.47. The number of hydrogen-bond acceptors (Lipinski definition) is 1. The maximum Gasteiger partial charge on any atom is 0.124 e. The van der Waals surface area contributed by atoms with Crippen molar-refractivity contribution in [1.82, 2.24) is 0 Å². The molecular weight excluding hydrogens is 220 g/mol. The van der Waals surface area contributed by atoms with E-state index in [4.69, 9.17) is 16.3 Å². The van der Waals surface area contributed by atoms with Crippen molar-refractivity contribution in [2.45, 2.75) is 13.0 Å². The van der Waals surface area contributed by atoms with E-state index >= 15 is 0 Å². The molecule has 0 radical (unpaired) electrons. The summed E-state index contributed by atoms with van der Waals surface area (Å²) in [5.41, 5.74) is 3.64. The van der Waals surface area contributed by atoms with Crippen LogP contribution in [0.4, 0.5) is 0 Å². The Bertz CT molecular complexity index is 534. The Morgan fingerprint density at radius 3 is 2.62 bits per heavy atom. The molecule has 2 aromatic carbocycles. The average molecular weight is 231 g/mol. The summed E-state index contributed by atoms with van der Waals surface area (Å²) >= 11 is 6.20. The van der Waals surface area contributed by atoms with E-state index < -0.39 is 0 Å². The Labute approximate surface area is 99.6 Å². The number of rotatable bonds is 0. The normalized spacial score (nSPS) is 13.3. The van der Waals surface area contributed by atoms with Gasteiger partial charge in [-0.15, -0.1) is 0 Å². The van der Waals surface area contributed by atoms with Crippen LogP contribution < -0.4 is 4.74 Å². The fourth-order valence-corrected chi connectivity index (χ4v) is 2.30. The summed E-state index contributed by atoms with van der Waals surface area (Å²) in [6.07, 6.45) is 0.852. The smallest absolute Gasteiger partial charge is 0.124 e. The van der Waals surface area contributed by atoms with Crippen LogP contribution in [-0.2, 0) is 13.0 Å². The van der Waals surface area contributed by atoms with Crippen LogP contribution in [0.25, 0.3) is 0 Å². The van der Waals surface area contributed by atoms with Gasteiger partial charge in [-0.3, -0.25) is 0 Å². The average Bonchev–Trinajstić information content (AvgIpc) is 2.50. The molecule has 0 atom stereocenters. The van der Waals surface area contributed by atoms with E-state index in [1.165, 1.54) is 11.1 Å². The number of benzene rings is 2. The second kappa shape index (κ2) is 3.84. The zero-order valence-corrected chi connectivity index (χ0v) is 9.50. The quantitative estimate of drug-likeness (QED) is 0.669. The summed E-state index contributed by atoms with van der Waals surface area (Å²) in [6.45, 7) is 0.628. The lowest BCUT2D eigenvalue weighted by Crippen LogP contribution is -1.94. The highest BCUT2D eigenvalue weighted by Gasteiger charge is 2.15. The van der Waals surface area contributed by atoms with Gasteiger partial charge < -0.3 is 4.74 Å². The van der Waals surface area contributed by atoms with Gasteiger partial charge in [0.15, 0.2) is 0 Å². The molecule has 80 valence electrons. The van der Waals surface area contributed by atoms with Crippen molar-refractivity contribution in [2.75, 3.05) is 0 Å². The SMILES string of the molecule is Clc1cccc2c1Cc1ccccc1CO2. The molecule has 1 aliphatic heterocycles. The molecule has 0 N–H and O–H groups in total. The topological polar surface area (TPSA) is 9.23 Å².